The summed E-state index contributed by atoms with van der Waals surface area (Å²) in [4.78, 5) is 161. The molecule has 10 aromatic carbocycles. The number of nitrogens with zero attached hydrogens (tertiary/aromatic N) is 3. The van der Waals surface area contributed by atoms with Gasteiger partial charge in [0.2, 0.25) is 5.82 Å². The Labute approximate surface area is 930 Å². The summed E-state index contributed by atoms with van der Waals surface area (Å²) in [6.07, 6.45) is 2.56. The Morgan fingerprint density at radius 3 is 1.23 bits per heavy atom. The number of halogens is 3. The van der Waals surface area contributed by atoms with Crippen molar-refractivity contribution in [3.8, 4) is 0 Å². The molecular formula is C85H87Cs2F2ILiN5O32S5. The number of nitro groups is 3. The van der Waals surface area contributed by atoms with Crippen LogP contribution in [0, 0.1) is 36.2 Å². The molecule has 10 aromatic rings. The second-order valence-electron chi connectivity index (χ2n) is 23.0. The number of amides is 1. The number of carboxylic acid groups (broad SMARTS) is 3. The van der Waals surface area contributed by atoms with Gasteiger partial charge in [-0.1, -0.05) is 138 Å². The third kappa shape index (κ3) is 44.7. The van der Waals surface area contributed by atoms with Gasteiger partial charge in [0.05, 0.1) is 137 Å². The van der Waals surface area contributed by atoms with E-state index in [0.29, 0.717) is 72.8 Å². The zero-order chi connectivity index (χ0) is 96.8. The van der Waals surface area contributed by atoms with Crippen LogP contribution in [0.5, 0.6) is 0 Å². The fourth-order valence-corrected chi connectivity index (χ4v) is 13.8. The van der Waals surface area contributed by atoms with Crippen LogP contribution in [-0.4, -0.2) is 187 Å². The summed E-state index contributed by atoms with van der Waals surface area (Å²) in [5.41, 5.74) is 7.63. The molecule has 12 rings (SSSR count). The number of thiol groups is 1. The van der Waals surface area contributed by atoms with E-state index in [0.717, 1.165) is 91.1 Å². The summed E-state index contributed by atoms with van der Waals surface area (Å²) in [7, 11) is 7.40. The maximum atomic E-state index is 12.8. The number of ether oxygens (including phenoxy) is 7. The molecule has 0 radical (unpaired) electrons. The average Bonchev–Trinajstić information content (AvgIpc) is 1.60. The van der Waals surface area contributed by atoms with Crippen molar-refractivity contribution in [1.29, 1.82) is 0 Å². The van der Waals surface area contributed by atoms with Crippen LogP contribution in [0.15, 0.2) is 256 Å². The molecule has 2 heterocycles. The van der Waals surface area contributed by atoms with Crippen molar-refractivity contribution in [1.82, 2.24) is 0 Å². The first kappa shape index (κ1) is 128. The maximum Gasteiger partial charge on any atom is 1.00 e. The number of aliphatic hydroxyl groups excluding tert-OH is 1. The van der Waals surface area contributed by atoms with Crippen LogP contribution in [0.4, 0.5) is 37.2 Å². The fourth-order valence-electron chi connectivity index (χ4n) is 9.58. The molecule has 0 aromatic heterocycles. The molecule has 0 spiro atoms. The molecule has 0 unspecified atom stereocenters. The first-order valence-corrected chi connectivity index (χ1v) is 40.2. The maximum absolute atomic E-state index is 12.8. The van der Waals surface area contributed by atoms with E-state index in [4.69, 9.17) is 53.2 Å². The number of rotatable bonds is 19. The molecular weight excluding hydrogens is 2200 g/mol. The van der Waals surface area contributed by atoms with Crippen LogP contribution in [0.3, 0.4) is 0 Å². The van der Waals surface area contributed by atoms with Gasteiger partial charge in [0.15, 0.2) is 0 Å². The van der Waals surface area contributed by atoms with E-state index in [1.807, 2.05) is 40.8 Å². The fraction of sp³-hybridized carbons (Fsp3) is 0.165. The Bertz CT molecular complexity index is 5430. The number of carbonyl (C=O) groups is 11. The number of nitrogen functional groups attached to an aromatic ring is 1. The Hall–Kier alpha value is -8.79. The number of anilines is 2. The van der Waals surface area contributed by atoms with Crippen LogP contribution in [-0.2, 0) is 42.8 Å². The van der Waals surface area contributed by atoms with E-state index < -0.39 is 81.2 Å². The minimum Gasteiger partial charge on any atom is -1.00 e. The normalized spacial score (nSPS) is 10.2. The standard InChI is InChI=1S/2C16H13NO6S.C14H11NO4S.C14H9NO3S.C8H6FNO4.C8H8O2S.C4H8O.CH3F.CH3I.CH2O3.CH4O.CH4.2Cs.Li.2H2O.H/c2*1-22-15(18)10-7-8-14(12(9-10)17(20)21)24-13-6-4-3-5-11(13)16(19)23-2;15-10-7-8(13(16)17)5-6-12(10)20-11-4-2-1-3-9(11)14(18)19;16-13-9-3-1-2-4-11(9)19-12-6-5-8(14(17)18)7-10(12)15-13;1-14-8(11)5-2-3-6(9)7(4-5)10(12)13;1-10-8(9)6-4-2-3-5-7(6)11;1-2-4-5-3-1;2*1-2;2-1-4-3;1-2;;;;;;;/h2*3-9H,1-2H3;1-7H,15H2,(H,16,17)(H,18,19);1-7H,(H,15,16)(H,17,18);2-4H,1H3;2-5,11H,1H3;1-4H2;2*1H3;1,3H;2H,1H3;1H4;;;;2*1H2;/q;;;;;;;;;;;;3*+1;;;-1/p-2/i;;;;;;;2*1D;;;;;;;;;. The van der Waals surface area contributed by atoms with Gasteiger partial charge in [-0.05, 0) is 151 Å². The monoisotopic (exact) mass is 2290 g/mol. The molecule has 0 atom stereocenters. The number of nitrogens with two attached hydrogens (primary N) is 1. The van der Waals surface area contributed by atoms with Crippen molar-refractivity contribution in [3.63, 3.8) is 0 Å². The Kier molecular flexibility index (Phi) is 70.9. The smallest absolute Gasteiger partial charge is 1.00 e. The molecule has 2 aliphatic rings. The van der Waals surface area contributed by atoms with Crippen molar-refractivity contribution >= 4 is 177 Å². The van der Waals surface area contributed by atoms with Gasteiger partial charge < -0.3 is 87.2 Å². The van der Waals surface area contributed by atoms with Crippen molar-refractivity contribution in [2.24, 2.45) is 0 Å². The molecule has 48 heteroatoms. The largest absolute Gasteiger partial charge is 1.00 e. The number of aromatic carboxylic acids is 3. The minimum atomic E-state index is -1.06. The number of hydrogen-bond donors (Lipinski definition) is 7. The average molecular weight is 2290 g/mol. The molecule has 2 aliphatic heterocycles. The molecule has 1 amide bonds. The second kappa shape index (κ2) is 73.5. The van der Waals surface area contributed by atoms with Crippen LogP contribution in [0.1, 0.15) is 128 Å². The number of nitrogens with one attached hydrogen (secondary N) is 1. The number of nitro benzene ring substituents is 3. The molecule has 133 heavy (non-hydrogen) atoms. The topological polar surface area (TPSA) is 595 Å². The van der Waals surface area contributed by atoms with Crippen LogP contribution < -0.4 is 173 Å². The van der Waals surface area contributed by atoms with E-state index in [1.54, 1.807) is 109 Å². The first-order valence-electron chi connectivity index (χ1n) is 36.4. The molecule has 1 saturated heterocycles. The Morgan fingerprint density at radius 1 is 0.519 bits per heavy atom. The summed E-state index contributed by atoms with van der Waals surface area (Å²) in [5.74, 6) is -7.78. The minimum absolute atomic E-state index is 0. The van der Waals surface area contributed by atoms with Gasteiger partial charge in [-0.3, -0.25) is 44.3 Å². The predicted octanol–water partition coefficient (Wildman–Crippen LogP) is 7.07. The van der Waals surface area contributed by atoms with Crippen LogP contribution in [0.2, 0.25) is 0 Å². The van der Waals surface area contributed by atoms with Crippen LogP contribution in [0.25, 0.3) is 0 Å². The molecule has 0 bridgehead atoms. The van der Waals surface area contributed by atoms with E-state index in [2.05, 4.69) is 41.8 Å². The summed E-state index contributed by atoms with van der Waals surface area (Å²) in [5, 5.41) is 78.0. The van der Waals surface area contributed by atoms with E-state index >= 15 is 0 Å². The summed E-state index contributed by atoms with van der Waals surface area (Å²) in [6, 6.07) is 54.1. The number of carbonyl (C=O) groups excluding carboxylic acids is 8. The van der Waals surface area contributed by atoms with E-state index in [1.165, 1.54) is 127 Å². The Balaban J connectivity index is -0.000000360. The number of hydrogen-bond acceptors (Lipinski definition) is 34. The SMILES string of the molecule is C.C1CCOC1.CO.COC(=O)c1ccc(F)c([N+](=O)[O-])c1.COC(=O)c1ccc(Sc2ccccc2C(=O)OC)c([N+](=O)[O-])c1.COC(=O)c1ccc(Sc2ccccc2C(=O)OC)c([N+](=O)[O-])c1.COC(=O)c1ccccc1S.Nc1cc(C(=O)O)ccc1Sc1ccccc1C(=O)O.O.O=C(O)c1ccc2c(c1)NC(=O)c1ccccc1S2.O=CO[O-].[2H]CF.[2H]CI.[Cs+].[Cs+].[H-].[Li+].[OH-]. The Morgan fingerprint density at radius 2 is 0.850 bits per heavy atom. The number of methoxy groups -OCH3 is 6. The summed E-state index contributed by atoms with van der Waals surface area (Å²) >= 11 is 10.8. The molecule has 1 fully saturated rings. The van der Waals surface area contributed by atoms with Crippen molar-refractivity contribution in [2.45, 2.75) is 64.3 Å². The molecule has 698 valence electrons. The summed E-state index contributed by atoms with van der Waals surface area (Å²) in [6.45, 7) is 1.82. The first-order chi connectivity index (χ1) is 61.6. The number of carboxylic acids is 3. The van der Waals surface area contributed by atoms with Crippen LogP contribution >= 0.6 is 82.3 Å². The van der Waals surface area contributed by atoms with Gasteiger partial charge >= 0.3 is 216 Å². The number of aliphatic hydroxyl groups is 1. The van der Waals surface area contributed by atoms with E-state index in [9.17, 15) is 87.1 Å². The van der Waals surface area contributed by atoms with Crippen molar-refractivity contribution in [3.05, 3.63) is 304 Å². The van der Waals surface area contributed by atoms with Gasteiger partial charge in [-0.25, -0.2) is 43.2 Å². The quantitative estimate of drug-likeness (QED) is 0.00363. The van der Waals surface area contributed by atoms with Crippen molar-refractivity contribution in [2.75, 3.05) is 86.1 Å². The zero-order valence-corrected chi connectivity index (χ0v) is 90.4. The molecule has 0 aliphatic carbocycles. The second-order valence-corrected chi connectivity index (χ2v) is 27.8. The van der Waals surface area contributed by atoms with Gasteiger partial charge in [-0.2, -0.15) is 4.39 Å². The molecule has 37 nitrogen and oxygen atoms in total. The number of alkyl halides is 2. The van der Waals surface area contributed by atoms with Gasteiger partial charge in [0, 0.05) is 79.8 Å². The van der Waals surface area contributed by atoms with Crippen molar-refractivity contribution < 1.29 is 312 Å². The third-order valence-corrected chi connectivity index (χ3v) is 20.3. The zero-order valence-electron chi connectivity index (χ0n) is 74.5. The number of benzene rings is 10. The number of fused-ring (bicyclic) bond motifs is 2. The molecule has 10 N–H and O–H groups in total. The summed E-state index contributed by atoms with van der Waals surface area (Å²) < 4.78 is 66.8. The van der Waals surface area contributed by atoms with E-state index in [-0.39, 0.29) is 240 Å². The number of esters is 6. The molecule has 0 saturated carbocycles. The van der Waals surface area contributed by atoms with Gasteiger partial charge in [0.25, 0.3) is 23.8 Å². The van der Waals surface area contributed by atoms with Gasteiger partial charge in [0.1, 0.15) is 0 Å². The third-order valence-electron chi connectivity index (χ3n) is 15.3. The predicted molar refractivity (Wildman–Crippen MR) is 485 cm³/mol. The van der Waals surface area contributed by atoms with Gasteiger partial charge in [-0.15, -0.1) is 12.6 Å².